The molecule has 6 rings (SSSR count). The Bertz CT molecular complexity index is 1010. The van der Waals surface area contributed by atoms with Gasteiger partial charge in [0.1, 0.15) is 13.2 Å². The van der Waals surface area contributed by atoms with Crippen LogP contribution in [0.1, 0.15) is 6.92 Å². The highest BCUT2D eigenvalue weighted by Gasteiger charge is 2.31. The maximum atomic E-state index is 12.3. The predicted octanol–water partition coefficient (Wildman–Crippen LogP) is 0.853. The van der Waals surface area contributed by atoms with Crippen LogP contribution in [-0.2, 0) is 9.59 Å². The number of nitrogens with zero attached hydrogens (tertiary/aromatic N) is 1. The normalized spacial score (nSPS) is 21.8. The van der Waals surface area contributed by atoms with Crippen molar-refractivity contribution in [1.29, 1.82) is 0 Å². The van der Waals surface area contributed by atoms with Gasteiger partial charge < -0.3 is 39.8 Å². The largest absolute Gasteiger partial charge is 0.485 e. The summed E-state index contributed by atoms with van der Waals surface area (Å²) in [7, 11) is 0. The lowest BCUT2D eigenvalue weighted by Crippen LogP contribution is -2.52. The van der Waals surface area contributed by atoms with Crippen molar-refractivity contribution in [2.75, 3.05) is 65.6 Å². The van der Waals surface area contributed by atoms with E-state index in [4.69, 9.17) is 18.9 Å². The quantitative estimate of drug-likeness (QED) is 0.540. The van der Waals surface area contributed by atoms with Crippen molar-refractivity contribution in [2.24, 2.45) is 0 Å². The summed E-state index contributed by atoms with van der Waals surface area (Å²) in [4.78, 5) is 25.1. The van der Waals surface area contributed by atoms with Crippen LogP contribution in [0.25, 0.3) is 0 Å². The van der Waals surface area contributed by atoms with Gasteiger partial charge in [-0.15, -0.1) is 0 Å². The Morgan fingerprint density at radius 3 is 1.59 bits per heavy atom. The van der Waals surface area contributed by atoms with Gasteiger partial charge in [0.2, 0.25) is 6.10 Å². The molecular weight excluding hydrogens is 476 g/mol. The highest BCUT2D eigenvalue weighted by atomic mass is 16.6. The summed E-state index contributed by atoms with van der Waals surface area (Å²) in [5, 5.41) is 9.67. The van der Waals surface area contributed by atoms with Crippen molar-refractivity contribution in [3.8, 4) is 23.0 Å². The van der Waals surface area contributed by atoms with E-state index in [-0.39, 0.29) is 11.7 Å². The first-order valence-electron chi connectivity index (χ1n) is 12.8. The second-order valence-electron chi connectivity index (χ2n) is 8.91. The average molecular weight is 513 g/mol. The van der Waals surface area contributed by atoms with Crippen molar-refractivity contribution in [3.05, 3.63) is 48.5 Å². The fourth-order valence-electron chi connectivity index (χ4n) is 4.05. The van der Waals surface area contributed by atoms with Crippen molar-refractivity contribution in [3.63, 3.8) is 0 Å². The number of Topliss-reactive ketones (excluding diaryl/α,β-unsaturated/α-hetero) is 1. The van der Waals surface area contributed by atoms with E-state index in [1.165, 1.54) is 6.92 Å². The number of piperazine rings is 2. The Hall–Kier alpha value is -3.34. The average Bonchev–Trinajstić information content (AvgIpc) is 2.98. The molecule has 3 N–H and O–H groups in total. The SMILES string of the molecule is C1CNCCN1.CC(=O)C1COc2ccccc2O1.O=C(C1COc2ccccc2O1)N1CCNCC1. The molecule has 0 aromatic heterocycles. The molecule has 0 spiro atoms. The van der Waals surface area contributed by atoms with Crippen LogP contribution < -0.4 is 34.9 Å². The maximum absolute atomic E-state index is 12.3. The number of benzene rings is 2. The zero-order chi connectivity index (χ0) is 25.9. The minimum absolute atomic E-state index is 0.00509. The van der Waals surface area contributed by atoms with Gasteiger partial charge in [-0.2, -0.15) is 0 Å². The van der Waals surface area contributed by atoms with Crippen molar-refractivity contribution < 1.29 is 28.5 Å². The fourth-order valence-corrected chi connectivity index (χ4v) is 4.05. The first-order valence-corrected chi connectivity index (χ1v) is 12.8. The van der Waals surface area contributed by atoms with E-state index in [0.29, 0.717) is 36.2 Å². The number of carbonyl (C=O) groups excluding carboxylic acids is 2. The van der Waals surface area contributed by atoms with Gasteiger partial charge in [-0.3, -0.25) is 9.59 Å². The number of nitrogens with one attached hydrogen (secondary N) is 3. The lowest BCUT2D eigenvalue weighted by atomic mass is 10.2. The lowest BCUT2D eigenvalue weighted by molar-refractivity contribution is -0.141. The molecule has 1 amide bonds. The van der Waals surface area contributed by atoms with Gasteiger partial charge in [0.25, 0.3) is 5.91 Å². The van der Waals surface area contributed by atoms with Crippen LogP contribution in [0.3, 0.4) is 0 Å². The molecule has 0 saturated carbocycles. The smallest absolute Gasteiger partial charge is 0.267 e. The van der Waals surface area contributed by atoms with Crippen LogP contribution in [-0.4, -0.2) is 94.4 Å². The third-order valence-corrected chi connectivity index (χ3v) is 6.13. The molecule has 0 radical (unpaired) electrons. The highest BCUT2D eigenvalue weighted by molar-refractivity contribution is 5.82. The molecule has 0 aliphatic carbocycles. The summed E-state index contributed by atoms with van der Waals surface area (Å²) in [6.45, 7) is 9.82. The first-order chi connectivity index (χ1) is 18.1. The second kappa shape index (κ2) is 13.8. The van der Waals surface area contributed by atoms with Gasteiger partial charge in [0, 0.05) is 52.4 Å². The number of ether oxygens (including phenoxy) is 4. The maximum Gasteiger partial charge on any atom is 0.267 e. The summed E-state index contributed by atoms with van der Waals surface area (Å²) in [5.74, 6) is 2.73. The van der Waals surface area contributed by atoms with E-state index in [1.807, 2.05) is 47.4 Å². The van der Waals surface area contributed by atoms with Gasteiger partial charge in [-0.1, -0.05) is 24.3 Å². The van der Waals surface area contributed by atoms with E-state index in [1.54, 1.807) is 6.07 Å². The zero-order valence-corrected chi connectivity index (χ0v) is 21.2. The first kappa shape index (κ1) is 26.7. The Morgan fingerprint density at radius 1 is 0.676 bits per heavy atom. The topological polar surface area (TPSA) is 110 Å². The van der Waals surface area contributed by atoms with Gasteiger partial charge in [0.15, 0.2) is 34.9 Å². The van der Waals surface area contributed by atoms with Gasteiger partial charge in [0.05, 0.1) is 0 Å². The van der Waals surface area contributed by atoms with Crippen LogP contribution >= 0.6 is 0 Å². The standard InChI is InChI=1S/C13H16N2O3.C10H10O3.C4H10N2/c16-13(15-7-5-14-6-8-15)12-9-17-10-3-1-2-4-11(10)18-12;1-7(11)10-6-12-8-4-2-3-5-9(8)13-10;1-2-6-4-3-5-1/h1-4,12,14H,5-9H2;2-5,10H,6H2,1H3;5-6H,1-4H2. The summed E-state index contributed by atoms with van der Waals surface area (Å²) < 4.78 is 22.0. The molecule has 37 heavy (non-hydrogen) atoms. The molecule has 2 atom stereocenters. The minimum atomic E-state index is -0.516. The summed E-state index contributed by atoms with van der Waals surface area (Å²) in [5.41, 5.74) is 0. The van der Waals surface area contributed by atoms with Crippen molar-refractivity contribution in [2.45, 2.75) is 19.1 Å². The minimum Gasteiger partial charge on any atom is -0.485 e. The number of amides is 1. The molecule has 4 heterocycles. The second-order valence-corrected chi connectivity index (χ2v) is 8.91. The summed E-state index contributed by atoms with van der Waals surface area (Å²) >= 11 is 0. The predicted molar refractivity (Wildman–Crippen MR) is 139 cm³/mol. The molecular formula is C27H36N4O6. The van der Waals surface area contributed by atoms with E-state index in [2.05, 4.69) is 16.0 Å². The third-order valence-electron chi connectivity index (χ3n) is 6.13. The molecule has 2 aromatic rings. The Balaban J connectivity index is 0.000000146. The van der Waals surface area contributed by atoms with Gasteiger partial charge in [-0.05, 0) is 31.2 Å². The number of hydrogen-bond donors (Lipinski definition) is 3. The van der Waals surface area contributed by atoms with E-state index < -0.39 is 12.2 Å². The van der Waals surface area contributed by atoms with Crippen molar-refractivity contribution in [1.82, 2.24) is 20.9 Å². The Morgan fingerprint density at radius 2 is 1.11 bits per heavy atom. The number of carbonyl (C=O) groups is 2. The molecule has 2 unspecified atom stereocenters. The fraction of sp³-hybridized carbons (Fsp3) is 0.481. The molecule has 10 nitrogen and oxygen atoms in total. The molecule has 2 aromatic carbocycles. The molecule has 2 fully saturated rings. The Labute approximate surface area is 217 Å². The zero-order valence-electron chi connectivity index (χ0n) is 21.2. The summed E-state index contributed by atoms with van der Waals surface area (Å²) in [6, 6.07) is 14.8. The molecule has 200 valence electrons. The van der Waals surface area contributed by atoms with Crippen LogP contribution in [0.5, 0.6) is 23.0 Å². The van der Waals surface area contributed by atoms with E-state index >= 15 is 0 Å². The molecule has 4 aliphatic heterocycles. The number of para-hydroxylation sites is 4. The molecule has 0 bridgehead atoms. The van der Waals surface area contributed by atoms with E-state index in [0.717, 1.165) is 52.4 Å². The van der Waals surface area contributed by atoms with Crippen LogP contribution in [0.2, 0.25) is 0 Å². The number of hydrogen-bond acceptors (Lipinski definition) is 9. The molecule has 4 aliphatic rings. The van der Waals surface area contributed by atoms with Gasteiger partial charge in [-0.25, -0.2) is 0 Å². The molecule has 2 saturated heterocycles. The van der Waals surface area contributed by atoms with Crippen LogP contribution in [0.4, 0.5) is 0 Å². The third kappa shape index (κ3) is 7.82. The highest BCUT2D eigenvalue weighted by Crippen LogP contribution is 2.32. The van der Waals surface area contributed by atoms with Crippen LogP contribution in [0, 0.1) is 0 Å². The number of rotatable bonds is 2. The van der Waals surface area contributed by atoms with E-state index in [9.17, 15) is 9.59 Å². The lowest BCUT2D eigenvalue weighted by Gasteiger charge is -2.32. The van der Waals surface area contributed by atoms with Crippen molar-refractivity contribution >= 4 is 11.7 Å². The molecule has 10 heteroatoms. The number of fused-ring (bicyclic) bond motifs is 2. The number of ketones is 1. The van der Waals surface area contributed by atoms with Gasteiger partial charge >= 0.3 is 0 Å². The monoisotopic (exact) mass is 512 g/mol. The van der Waals surface area contributed by atoms with Crippen LogP contribution in [0.15, 0.2) is 48.5 Å². The Kier molecular flexibility index (Phi) is 9.98. The summed E-state index contributed by atoms with van der Waals surface area (Å²) in [6.07, 6.45) is -0.965.